The Labute approximate surface area is 64.4 Å². The number of halogens is 1. The zero-order valence-electron chi connectivity index (χ0n) is 6.50. The van der Waals surface area contributed by atoms with Crippen LogP contribution >= 0.6 is 0 Å². The van der Waals surface area contributed by atoms with Crippen LogP contribution in [0.25, 0.3) is 0 Å². The van der Waals surface area contributed by atoms with Crippen LogP contribution in [0, 0.1) is 5.95 Å². The number of hydrogen-bond donors (Lipinski definition) is 1. The van der Waals surface area contributed by atoms with E-state index in [1.807, 2.05) is 13.8 Å². The summed E-state index contributed by atoms with van der Waals surface area (Å²) in [5.74, 6) is -0.183. The monoisotopic (exact) mass is 155 g/mol. The van der Waals surface area contributed by atoms with Crippen molar-refractivity contribution in [3.8, 4) is 0 Å². The topological polar surface area (TPSA) is 51.8 Å². The zero-order valence-corrected chi connectivity index (χ0v) is 6.50. The molecule has 1 rings (SSSR count). The molecular weight excluding hydrogens is 145 g/mol. The minimum Gasteiger partial charge on any atom is -0.382 e. The molecule has 0 amide bonds. The molecule has 0 fully saturated rings. The van der Waals surface area contributed by atoms with Crippen LogP contribution in [-0.2, 0) is 0 Å². The Morgan fingerprint density at radius 1 is 1.45 bits per heavy atom. The molecule has 1 heterocycles. The van der Waals surface area contributed by atoms with Crippen LogP contribution in [0.4, 0.5) is 10.2 Å². The van der Waals surface area contributed by atoms with Crippen molar-refractivity contribution in [3.63, 3.8) is 0 Å². The van der Waals surface area contributed by atoms with E-state index in [-0.39, 0.29) is 11.7 Å². The molecule has 0 spiro atoms. The largest absolute Gasteiger partial charge is 0.382 e. The molecule has 0 saturated heterocycles. The van der Waals surface area contributed by atoms with Crippen LogP contribution in [0.15, 0.2) is 6.07 Å². The molecule has 1 aromatic rings. The third kappa shape index (κ3) is 1.63. The fourth-order valence-electron chi connectivity index (χ4n) is 0.812. The first-order valence-electron chi connectivity index (χ1n) is 3.40. The van der Waals surface area contributed by atoms with Gasteiger partial charge in [-0.05, 0) is 12.0 Å². The Bertz CT molecular complexity index is 260. The second kappa shape index (κ2) is 2.82. The number of hydrogen-bond acceptors (Lipinski definition) is 3. The molecule has 0 saturated carbocycles. The van der Waals surface area contributed by atoms with Gasteiger partial charge in [0.15, 0.2) is 0 Å². The molecule has 0 radical (unpaired) electrons. The molecule has 0 unspecified atom stereocenters. The SMILES string of the molecule is CC(C)c1cc(N)nnc1F. The number of anilines is 1. The molecular formula is C7H10FN3. The van der Waals surface area contributed by atoms with Gasteiger partial charge in [-0.3, -0.25) is 0 Å². The van der Waals surface area contributed by atoms with E-state index in [0.717, 1.165) is 0 Å². The smallest absolute Gasteiger partial charge is 0.236 e. The van der Waals surface area contributed by atoms with E-state index in [0.29, 0.717) is 5.56 Å². The van der Waals surface area contributed by atoms with Gasteiger partial charge in [-0.2, -0.15) is 4.39 Å². The maximum atomic E-state index is 12.8. The molecule has 0 aliphatic heterocycles. The third-order valence-electron chi connectivity index (χ3n) is 1.42. The van der Waals surface area contributed by atoms with Crippen molar-refractivity contribution in [1.82, 2.24) is 10.2 Å². The summed E-state index contributed by atoms with van der Waals surface area (Å²) in [6, 6.07) is 1.51. The predicted molar refractivity (Wildman–Crippen MR) is 40.5 cm³/mol. The molecule has 1 aromatic heterocycles. The molecule has 4 heteroatoms. The second-order valence-electron chi connectivity index (χ2n) is 2.67. The lowest BCUT2D eigenvalue weighted by Crippen LogP contribution is -2.02. The van der Waals surface area contributed by atoms with Crippen LogP contribution in [0.5, 0.6) is 0 Å². The van der Waals surface area contributed by atoms with Crippen molar-refractivity contribution in [2.24, 2.45) is 0 Å². The van der Waals surface area contributed by atoms with E-state index >= 15 is 0 Å². The van der Waals surface area contributed by atoms with Gasteiger partial charge in [0.25, 0.3) is 0 Å². The highest BCUT2D eigenvalue weighted by Crippen LogP contribution is 2.16. The highest BCUT2D eigenvalue weighted by molar-refractivity contribution is 5.31. The van der Waals surface area contributed by atoms with Crippen LogP contribution in [0.2, 0.25) is 0 Å². The first-order chi connectivity index (χ1) is 5.11. The normalized spacial score (nSPS) is 10.5. The predicted octanol–water partition coefficient (Wildman–Crippen LogP) is 1.32. The quantitative estimate of drug-likeness (QED) is 0.665. The average Bonchev–Trinajstić information content (AvgIpc) is 1.94. The van der Waals surface area contributed by atoms with Gasteiger partial charge in [0, 0.05) is 5.56 Å². The van der Waals surface area contributed by atoms with E-state index in [9.17, 15) is 4.39 Å². The summed E-state index contributed by atoms with van der Waals surface area (Å²) in [4.78, 5) is 0. The molecule has 0 aliphatic rings. The summed E-state index contributed by atoms with van der Waals surface area (Å²) in [6.45, 7) is 3.75. The Balaban J connectivity index is 3.13. The van der Waals surface area contributed by atoms with Gasteiger partial charge in [0.2, 0.25) is 5.95 Å². The number of nitrogen functional groups attached to an aromatic ring is 1. The fraction of sp³-hybridized carbons (Fsp3) is 0.429. The molecule has 60 valence electrons. The summed E-state index contributed by atoms with van der Waals surface area (Å²) in [5.41, 5.74) is 5.84. The highest BCUT2D eigenvalue weighted by Gasteiger charge is 2.08. The number of aromatic nitrogens is 2. The van der Waals surface area contributed by atoms with Gasteiger partial charge in [-0.15, -0.1) is 10.2 Å². The van der Waals surface area contributed by atoms with E-state index in [2.05, 4.69) is 10.2 Å². The van der Waals surface area contributed by atoms with Crippen LogP contribution in [0.3, 0.4) is 0 Å². The minimum atomic E-state index is -0.533. The van der Waals surface area contributed by atoms with Gasteiger partial charge < -0.3 is 5.73 Å². The summed E-state index contributed by atoms with van der Waals surface area (Å²) < 4.78 is 12.8. The van der Waals surface area contributed by atoms with E-state index in [1.165, 1.54) is 6.07 Å². The summed E-state index contributed by atoms with van der Waals surface area (Å²) in [7, 11) is 0. The lowest BCUT2D eigenvalue weighted by atomic mass is 10.1. The van der Waals surface area contributed by atoms with Crippen molar-refractivity contribution < 1.29 is 4.39 Å². The van der Waals surface area contributed by atoms with Gasteiger partial charge >= 0.3 is 0 Å². The molecule has 2 N–H and O–H groups in total. The number of rotatable bonds is 1. The first-order valence-corrected chi connectivity index (χ1v) is 3.40. The molecule has 0 atom stereocenters. The summed E-state index contributed by atoms with van der Waals surface area (Å²) >= 11 is 0. The van der Waals surface area contributed by atoms with Crippen molar-refractivity contribution in [1.29, 1.82) is 0 Å². The maximum Gasteiger partial charge on any atom is 0.236 e. The van der Waals surface area contributed by atoms with Crippen LogP contribution in [0.1, 0.15) is 25.3 Å². The summed E-state index contributed by atoms with van der Waals surface area (Å²) in [5, 5.41) is 6.63. The van der Waals surface area contributed by atoms with E-state index in [4.69, 9.17) is 5.73 Å². The lowest BCUT2D eigenvalue weighted by molar-refractivity contribution is 0.539. The van der Waals surface area contributed by atoms with Gasteiger partial charge in [-0.1, -0.05) is 13.8 Å². The van der Waals surface area contributed by atoms with Crippen molar-refractivity contribution in [2.75, 3.05) is 5.73 Å². The van der Waals surface area contributed by atoms with Gasteiger partial charge in [0.05, 0.1) is 0 Å². The standard InChI is InChI=1S/C7H10FN3/c1-4(2)5-3-6(9)10-11-7(5)8/h3-4H,1-2H3,(H2,9,10). The van der Waals surface area contributed by atoms with Crippen LogP contribution < -0.4 is 5.73 Å². The van der Waals surface area contributed by atoms with Gasteiger partial charge in [0.1, 0.15) is 5.82 Å². The molecule has 3 nitrogen and oxygen atoms in total. The van der Waals surface area contributed by atoms with Crippen molar-refractivity contribution in [2.45, 2.75) is 19.8 Å². The van der Waals surface area contributed by atoms with Gasteiger partial charge in [-0.25, -0.2) is 0 Å². The number of nitrogens with zero attached hydrogens (tertiary/aromatic N) is 2. The first kappa shape index (κ1) is 7.91. The molecule has 0 aromatic carbocycles. The fourth-order valence-corrected chi connectivity index (χ4v) is 0.812. The Morgan fingerprint density at radius 2 is 2.09 bits per heavy atom. The van der Waals surface area contributed by atoms with Crippen molar-refractivity contribution in [3.05, 3.63) is 17.6 Å². The Kier molecular flexibility index (Phi) is 2.03. The zero-order chi connectivity index (χ0) is 8.43. The minimum absolute atomic E-state index is 0.0906. The molecule has 11 heavy (non-hydrogen) atoms. The van der Waals surface area contributed by atoms with Crippen LogP contribution in [-0.4, -0.2) is 10.2 Å². The average molecular weight is 155 g/mol. The van der Waals surface area contributed by atoms with E-state index < -0.39 is 5.95 Å². The Hall–Kier alpha value is -1.19. The highest BCUT2D eigenvalue weighted by atomic mass is 19.1. The summed E-state index contributed by atoms with van der Waals surface area (Å²) in [6.07, 6.45) is 0. The Morgan fingerprint density at radius 3 is 2.55 bits per heavy atom. The maximum absolute atomic E-state index is 12.8. The van der Waals surface area contributed by atoms with Crippen molar-refractivity contribution >= 4 is 5.82 Å². The molecule has 0 bridgehead atoms. The lowest BCUT2D eigenvalue weighted by Gasteiger charge is -2.04. The third-order valence-corrected chi connectivity index (χ3v) is 1.42. The molecule has 0 aliphatic carbocycles. The number of nitrogens with two attached hydrogens (primary N) is 1. The van der Waals surface area contributed by atoms with E-state index in [1.54, 1.807) is 0 Å². The second-order valence-corrected chi connectivity index (χ2v) is 2.67.